The van der Waals surface area contributed by atoms with Crippen LogP contribution in [0.25, 0.3) is 22.4 Å². The zero-order valence-electron chi connectivity index (χ0n) is 23.2. The van der Waals surface area contributed by atoms with Gasteiger partial charge in [-0.05, 0) is 49.3 Å². The van der Waals surface area contributed by atoms with Crippen molar-refractivity contribution in [3.63, 3.8) is 0 Å². The maximum Gasteiger partial charge on any atom is 0.277 e. The van der Waals surface area contributed by atoms with E-state index in [1.165, 1.54) is 0 Å². The van der Waals surface area contributed by atoms with Crippen LogP contribution in [-0.4, -0.2) is 69.3 Å². The summed E-state index contributed by atoms with van der Waals surface area (Å²) >= 11 is 0. The van der Waals surface area contributed by atoms with Crippen molar-refractivity contribution in [2.24, 2.45) is 12.5 Å². The van der Waals surface area contributed by atoms with Crippen LogP contribution in [0.4, 0.5) is 11.6 Å². The number of ether oxygens (including phenoxy) is 1. The van der Waals surface area contributed by atoms with E-state index >= 15 is 0 Å². The molecule has 2 aliphatic heterocycles. The Morgan fingerprint density at radius 3 is 2.50 bits per heavy atom. The van der Waals surface area contributed by atoms with Crippen LogP contribution in [0.2, 0.25) is 0 Å². The SMILES string of the molecule is CCCc1nn(C)c2c(=O)[nH]c(-c3cc(N4CCC5(CCN(c6ncc(C=O)cn6)CC5)C4)ccc3OC)nc12. The molecule has 0 bridgehead atoms. The predicted molar refractivity (Wildman–Crippen MR) is 153 cm³/mol. The van der Waals surface area contributed by atoms with Gasteiger partial charge in [-0.2, -0.15) is 5.10 Å². The summed E-state index contributed by atoms with van der Waals surface area (Å²) in [7, 11) is 3.42. The van der Waals surface area contributed by atoms with Crippen molar-refractivity contribution >= 4 is 29.0 Å². The number of aryl methyl sites for hydroxylation is 2. The molecule has 0 radical (unpaired) electrons. The van der Waals surface area contributed by atoms with Gasteiger partial charge in [0.05, 0.1) is 23.9 Å². The third-order valence-corrected chi connectivity index (χ3v) is 8.39. The molecule has 11 heteroatoms. The van der Waals surface area contributed by atoms with Crippen LogP contribution in [0.1, 0.15) is 48.7 Å². The second-order valence-corrected chi connectivity index (χ2v) is 10.9. The monoisotopic (exact) mass is 542 g/mol. The lowest BCUT2D eigenvalue weighted by Crippen LogP contribution is -2.42. The first-order chi connectivity index (χ1) is 19.4. The summed E-state index contributed by atoms with van der Waals surface area (Å²) in [6.45, 7) is 5.79. The van der Waals surface area contributed by atoms with Crippen molar-refractivity contribution < 1.29 is 9.53 Å². The average Bonchev–Trinajstić information content (AvgIpc) is 3.54. The van der Waals surface area contributed by atoms with Crippen molar-refractivity contribution in [1.82, 2.24) is 29.7 Å². The van der Waals surface area contributed by atoms with E-state index in [0.29, 0.717) is 34.1 Å². The van der Waals surface area contributed by atoms with E-state index in [4.69, 9.17) is 9.72 Å². The number of rotatable bonds is 7. The topological polar surface area (TPSA) is 122 Å². The van der Waals surface area contributed by atoms with Crippen molar-refractivity contribution in [2.75, 3.05) is 43.1 Å². The maximum absolute atomic E-state index is 13.1. The van der Waals surface area contributed by atoms with Crippen LogP contribution in [0.3, 0.4) is 0 Å². The zero-order valence-corrected chi connectivity index (χ0v) is 23.2. The molecule has 5 heterocycles. The molecule has 2 saturated heterocycles. The number of aromatic amines is 1. The van der Waals surface area contributed by atoms with Gasteiger partial charge < -0.3 is 19.5 Å². The number of H-pyrrole nitrogens is 1. The van der Waals surface area contributed by atoms with Gasteiger partial charge in [0, 0.05) is 51.3 Å². The van der Waals surface area contributed by atoms with Gasteiger partial charge in [0.25, 0.3) is 5.56 Å². The zero-order chi connectivity index (χ0) is 27.9. The van der Waals surface area contributed by atoms with E-state index < -0.39 is 0 Å². The summed E-state index contributed by atoms with van der Waals surface area (Å²) in [6.07, 6.45) is 8.83. The molecule has 11 nitrogen and oxygen atoms in total. The Labute approximate surface area is 232 Å². The Balaban J connectivity index is 1.24. The minimum atomic E-state index is -0.207. The fourth-order valence-corrected chi connectivity index (χ4v) is 6.16. The van der Waals surface area contributed by atoms with Crippen LogP contribution < -0.4 is 20.1 Å². The highest BCUT2D eigenvalue weighted by Crippen LogP contribution is 2.43. The van der Waals surface area contributed by atoms with Crippen molar-refractivity contribution in [3.8, 4) is 17.1 Å². The van der Waals surface area contributed by atoms with Gasteiger partial charge in [-0.3, -0.25) is 14.3 Å². The van der Waals surface area contributed by atoms with Crippen LogP contribution in [0, 0.1) is 5.41 Å². The van der Waals surface area contributed by atoms with E-state index in [-0.39, 0.29) is 11.0 Å². The summed E-state index contributed by atoms with van der Waals surface area (Å²) in [5.41, 5.74) is 4.33. The standard InChI is InChI=1S/C29H34N8O3/c1-4-5-22-24-25(35(2)34-22)27(39)33-26(32-24)21-14-20(6-7-23(21)40-3)37-13-10-29(18-37)8-11-36(12-9-29)28-30-15-19(17-38)16-31-28/h6-7,14-17H,4-5,8-13,18H2,1-3H3,(H,32,33,39). The molecule has 3 aromatic heterocycles. The Kier molecular flexibility index (Phi) is 6.73. The van der Waals surface area contributed by atoms with E-state index in [1.54, 1.807) is 31.2 Å². The van der Waals surface area contributed by atoms with E-state index in [9.17, 15) is 9.59 Å². The lowest BCUT2D eigenvalue weighted by Gasteiger charge is -2.39. The van der Waals surface area contributed by atoms with Crippen LogP contribution >= 0.6 is 0 Å². The van der Waals surface area contributed by atoms with Gasteiger partial charge in [-0.15, -0.1) is 0 Å². The minimum absolute atomic E-state index is 0.207. The number of fused-ring (bicyclic) bond motifs is 1. The summed E-state index contributed by atoms with van der Waals surface area (Å²) in [5.74, 6) is 1.84. The van der Waals surface area contributed by atoms with Crippen LogP contribution in [-0.2, 0) is 13.5 Å². The Morgan fingerprint density at radius 2 is 1.82 bits per heavy atom. The number of carbonyl (C=O) groups excluding carboxylic acids is 1. The second kappa shape index (κ2) is 10.4. The highest BCUT2D eigenvalue weighted by molar-refractivity contribution is 5.80. The Morgan fingerprint density at radius 1 is 1.10 bits per heavy atom. The Bertz CT molecular complexity index is 1600. The molecule has 4 aromatic rings. The van der Waals surface area contributed by atoms with Gasteiger partial charge in [-0.1, -0.05) is 13.3 Å². The number of nitrogens with zero attached hydrogens (tertiary/aromatic N) is 7. The molecule has 0 unspecified atom stereocenters. The average molecular weight is 543 g/mol. The Hall–Kier alpha value is -4.28. The van der Waals surface area contributed by atoms with Crippen LogP contribution in [0.5, 0.6) is 5.75 Å². The minimum Gasteiger partial charge on any atom is -0.496 e. The molecule has 208 valence electrons. The molecule has 0 aliphatic carbocycles. The molecule has 1 spiro atoms. The number of benzene rings is 1. The first kappa shape index (κ1) is 26.0. The van der Waals surface area contributed by atoms with Gasteiger partial charge in [0.15, 0.2) is 11.8 Å². The molecule has 6 rings (SSSR count). The molecule has 1 aromatic carbocycles. The van der Waals surface area contributed by atoms with Crippen molar-refractivity contribution in [1.29, 1.82) is 0 Å². The molecule has 2 aliphatic rings. The van der Waals surface area contributed by atoms with Gasteiger partial charge in [-0.25, -0.2) is 15.0 Å². The number of hydrogen-bond acceptors (Lipinski definition) is 9. The summed E-state index contributed by atoms with van der Waals surface area (Å²) in [5, 5.41) is 4.55. The van der Waals surface area contributed by atoms with Gasteiger partial charge in [0.1, 0.15) is 17.1 Å². The highest BCUT2D eigenvalue weighted by Gasteiger charge is 2.41. The van der Waals surface area contributed by atoms with E-state index in [2.05, 4.69) is 48.9 Å². The number of methoxy groups -OCH3 is 1. The molecule has 1 N–H and O–H groups in total. The summed E-state index contributed by atoms with van der Waals surface area (Å²) < 4.78 is 7.31. The maximum atomic E-state index is 13.1. The van der Waals surface area contributed by atoms with Gasteiger partial charge >= 0.3 is 0 Å². The third kappa shape index (κ3) is 4.59. The van der Waals surface area contributed by atoms with Crippen molar-refractivity contribution in [3.05, 3.63) is 52.2 Å². The summed E-state index contributed by atoms with van der Waals surface area (Å²) in [6, 6.07) is 6.12. The molecule has 0 saturated carbocycles. The number of nitrogens with one attached hydrogen (secondary N) is 1. The number of anilines is 2. The summed E-state index contributed by atoms with van der Waals surface area (Å²) in [4.78, 5) is 45.2. The molecule has 40 heavy (non-hydrogen) atoms. The molecule has 2 fully saturated rings. The lowest BCUT2D eigenvalue weighted by atomic mass is 9.78. The highest BCUT2D eigenvalue weighted by atomic mass is 16.5. The molecular formula is C29H34N8O3. The lowest BCUT2D eigenvalue weighted by molar-refractivity contribution is 0.112. The molecule has 0 atom stereocenters. The predicted octanol–water partition coefficient (Wildman–Crippen LogP) is 3.38. The third-order valence-electron chi connectivity index (χ3n) is 8.39. The first-order valence-corrected chi connectivity index (χ1v) is 13.8. The quantitative estimate of drug-likeness (QED) is 0.350. The molecule has 0 amide bonds. The fraction of sp³-hybridized carbons (Fsp3) is 0.448. The number of aldehydes is 1. The fourth-order valence-electron chi connectivity index (χ4n) is 6.16. The smallest absolute Gasteiger partial charge is 0.277 e. The number of aromatic nitrogens is 6. The second-order valence-electron chi connectivity index (χ2n) is 10.9. The van der Waals surface area contributed by atoms with Gasteiger partial charge in [0.2, 0.25) is 5.95 Å². The van der Waals surface area contributed by atoms with Crippen molar-refractivity contribution in [2.45, 2.75) is 39.0 Å². The number of carbonyl (C=O) groups is 1. The van der Waals surface area contributed by atoms with Crippen LogP contribution in [0.15, 0.2) is 35.4 Å². The molecular weight excluding hydrogens is 508 g/mol. The van der Waals surface area contributed by atoms with E-state index in [0.717, 1.165) is 81.5 Å². The number of piperidine rings is 1. The van der Waals surface area contributed by atoms with E-state index in [1.807, 2.05) is 6.07 Å². The normalized spacial score (nSPS) is 16.7. The number of hydrogen-bond donors (Lipinski definition) is 1. The first-order valence-electron chi connectivity index (χ1n) is 13.8. The largest absolute Gasteiger partial charge is 0.496 e.